The summed E-state index contributed by atoms with van der Waals surface area (Å²) in [4.78, 5) is 12.6. The Morgan fingerprint density at radius 1 is 0.955 bits per heavy atom. The van der Waals surface area contributed by atoms with Gasteiger partial charge in [-0.3, -0.25) is 10.1 Å². The molecule has 22 heavy (non-hydrogen) atoms. The van der Waals surface area contributed by atoms with E-state index < -0.39 is 0 Å². The lowest BCUT2D eigenvalue weighted by atomic mass is 10.0. The Labute approximate surface area is 131 Å². The maximum absolute atomic E-state index is 12.6. The zero-order valence-electron chi connectivity index (χ0n) is 12.8. The van der Waals surface area contributed by atoms with Crippen molar-refractivity contribution in [2.45, 2.75) is 37.9 Å². The van der Waals surface area contributed by atoms with E-state index in [1.807, 2.05) is 48.5 Å². The van der Waals surface area contributed by atoms with Crippen LogP contribution in [0.1, 0.15) is 43.0 Å². The van der Waals surface area contributed by atoms with Crippen LogP contribution in [0.5, 0.6) is 0 Å². The monoisotopic (exact) mass is 294 g/mol. The summed E-state index contributed by atoms with van der Waals surface area (Å²) < 4.78 is 0. The summed E-state index contributed by atoms with van der Waals surface area (Å²) in [5.74, 6) is 0.0662. The van der Waals surface area contributed by atoms with Gasteiger partial charge in [0.25, 0.3) is 0 Å². The van der Waals surface area contributed by atoms with E-state index in [2.05, 4.69) is 29.7 Å². The Bertz CT molecular complexity index is 608. The lowest BCUT2D eigenvalue weighted by Crippen LogP contribution is -2.39. The van der Waals surface area contributed by atoms with E-state index in [0.29, 0.717) is 6.04 Å². The van der Waals surface area contributed by atoms with E-state index in [-0.39, 0.29) is 18.0 Å². The van der Waals surface area contributed by atoms with Gasteiger partial charge in [-0.2, -0.15) is 0 Å². The third-order valence-corrected chi connectivity index (χ3v) is 4.04. The molecule has 1 aliphatic rings. The summed E-state index contributed by atoms with van der Waals surface area (Å²) in [5, 5.41) is 6.58. The molecular formula is C19H22N2O. The molecule has 3 rings (SSSR count). The number of nitrogens with one attached hydrogen (secondary N) is 2. The molecular weight excluding hydrogens is 272 g/mol. The second-order valence-electron chi connectivity index (χ2n) is 5.93. The largest absolute Gasteiger partial charge is 0.352 e. The van der Waals surface area contributed by atoms with Crippen molar-refractivity contribution in [1.82, 2.24) is 10.6 Å². The highest BCUT2D eigenvalue weighted by atomic mass is 16.2. The fourth-order valence-electron chi connectivity index (χ4n) is 2.57. The van der Waals surface area contributed by atoms with Crippen LogP contribution in [0.4, 0.5) is 0 Å². The number of benzene rings is 2. The molecule has 0 aliphatic heterocycles. The molecule has 2 atom stereocenters. The van der Waals surface area contributed by atoms with Crippen LogP contribution in [0.2, 0.25) is 0 Å². The van der Waals surface area contributed by atoms with E-state index in [1.54, 1.807) is 0 Å². The molecule has 1 fully saturated rings. The van der Waals surface area contributed by atoms with Gasteiger partial charge >= 0.3 is 0 Å². The van der Waals surface area contributed by atoms with Crippen LogP contribution < -0.4 is 10.6 Å². The van der Waals surface area contributed by atoms with E-state index in [9.17, 15) is 4.79 Å². The van der Waals surface area contributed by atoms with Gasteiger partial charge in [0.1, 0.15) is 6.04 Å². The van der Waals surface area contributed by atoms with Gasteiger partial charge in [-0.25, -0.2) is 0 Å². The number of hydrogen-bond acceptors (Lipinski definition) is 2. The summed E-state index contributed by atoms with van der Waals surface area (Å²) in [5.41, 5.74) is 2.19. The quantitative estimate of drug-likeness (QED) is 0.858. The Balaban J connectivity index is 1.77. The molecule has 0 spiro atoms. The maximum Gasteiger partial charge on any atom is 0.241 e. The van der Waals surface area contributed by atoms with Crippen molar-refractivity contribution in [2.24, 2.45) is 0 Å². The van der Waals surface area contributed by atoms with Crippen molar-refractivity contribution in [2.75, 3.05) is 0 Å². The fourth-order valence-corrected chi connectivity index (χ4v) is 2.57. The highest BCUT2D eigenvalue weighted by Crippen LogP contribution is 2.23. The minimum Gasteiger partial charge on any atom is -0.352 e. The van der Waals surface area contributed by atoms with Gasteiger partial charge in [0.05, 0.1) is 0 Å². The van der Waals surface area contributed by atoms with Crippen LogP contribution in [-0.4, -0.2) is 11.9 Å². The smallest absolute Gasteiger partial charge is 0.241 e. The molecule has 0 bridgehead atoms. The van der Waals surface area contributed by atoms with Crippen LogP contribution in [0.15, 0.2) is 60.7 Å². The molecule has 0 saturated heterocycles. The van der Waals surface area contributed by atoms with Gasteiger partial charge < -0.3 is 5.32 Å². The number of carbonyl (C=O) groups excluding carboxylic acids is 1. The maximum atomic E-state index is 12.6. The van der Waals surface area contributed by atoms with Crippen LogP contribution >= 0.6 is 0 Å². The lowest BCUT2D eigenvalue weighted by molar-refractivity contribution is -0.123. The summed E-state index contributed by atoms with van der Waals surface area (Å²) in [7, 11) is 0. The molecule has 0 radical (unpaired) electrons. The van der Waals surface area contributed by atoms with Crippen molar-refractivity contribution < 1.29 is 4.79 Å². The molecule has 0 aromatic heterocycles. The molecule has 2 N–H and O–H groups in total. The average Bonchev–Trinajstić information content (AvgIpc) is 3.38. The first kappa shape index (κ1) is 14.8. The Morgan fingerprint density at radius 3 is 2.05 bits per heavy atom. The second kappa shape index (κ2) is 6.75. The standard InChI is InChI=1S/C19H22N2O/c1-14(15-8-4-2-5-9-15)20-18(16-10-6-3-7-11-16)19(22)21-17-12-13-17/h2-11,14,17-18,20H,12-13H2,1H3,(H,21,22)/t14-,18+/m0/s1. The van der Waals surface area contributed by atoms with Crippen LogP contribution in [0, 0.1) is 0 Å². The summed E-state index contributed by atoms with van der Waals surface area (Å²) >= 11 is 0. The van der Waals surface area contributed by atoms with E-state index in [0.717, 1.165) is 18.4 Å². The average molecular weight is 294 g/mol. The van der Waals surface area contributed by atoms with Gasteiger partial charge in [0.15, 0.2) is 0 Å². The fraction of sp³-hybridized carbons (Fsp3) is 0.316. The van der Waals surface area contributed by atoms with E-state index in [4.69, 9.17) is 0 Å². The third-order valence-electron chi connectivity index (χ3n) is 4.04. The first-order chi connectivity index (χ1) is 10.7. The van der Waals surface area contributed by atoms with Gasteiger partial charge in [0.2, 0.25) is 5.91 Å². The summed E-state index contributed by atoms with van der Waals surface area (Å²) in [6.07, 6.45) is 2.20. The molecule has 114 valence electrons. The van der Waals surface area contributed by atoms with Crippen LogP contribution in [-0.2, 0) is 4.79 Å². The third kappa shape index (κ3) is 3.74. The van der Waals surface area contributed by atoms with Gasteiger partial charge in [-0.15, -0.1) is 0 Å². The van der Waals surface area contributed by atoms with Gasteiger partial charge in [-0.05, 0) is 30.9 Å². The zero-order chi connectivity index (χ0) is 15.4. The van der Waals surface area contributed by atoms with E-state index >= 15 is 0 Å². The van der Waals surface area contributed by atoms with Crippen molar-refractivity contribution >= 4 is 5.91 Å². The van der Waals surface area contributed by atoms with Gasteiger partial charge in [-0.1, -0.05) is 60.7 Å². The lowest BCUT2D eigenvalue weighted by Gasteiger charge is -2.23. The number of hydrogen-bond donors (Lipinski definition) is 2. The number of amides is 1. The van der Waals surface area contributed by atoms with Crippen LogP contribution in [0.25, 0.3) is 0 Å². The van der Waals surface area contributed by atoms with Crippen molar-refractivity contribution in [1.29, 1.82) is 0 Å². The van der Waals surface area contributed by atoms with Crippen molar-refractivity contribution in [3.8, 4) is 0 Å². The highest BCUT2D eigenvalue weighted by molar-refractivity contribution is 5.83. The Kier molecular flexibility index (Phi) is 4.54. The predicted molar refractivity (Wildman–Crippen MR) is 88.3 cm³/mol. The van der Waals surface area contributed by atoms with Crippen molar-refractivity contribution in [3.63, 3.8) is 0 Å². The highest BCUT2D eigenvalue weighted by Gasteiger charge is 2.29. The Morgan fingerprint density at radius 2 is 1.50 bits per heavy atom. The minimum absolute atomic E-state index is 0.0662. The molecule has 0 heterocycles. The normalized spacial score (nSPS) is 16.8. The SMILES string of the molecule is C[C@H](N[C@@H](C(=O)NC1CC1)c1ccccc1)c1ccccc1. The first-order valence-electron chi connectivity index (χ1n) is 7.90. The molecule has 1 saturated carbocycles. The number of rotatable bonds is 6. The summed E-state index contributed by atoms with van der Waals surface area (Å²) in [6.45, 7) is 2.09. The van der Waals surface area contributed by atoms with Crippen molar-refractivity contribution in [3.05, 3.63) is 71.8 Å². The summed E-state index contributed by atoms with van der Waals surface area (Å²) in [6, 6.07) is 20.3. The molecule has 2 aromatic rings. The molecule has 2 aromatic carbocycles. The van der Waals surface area contributed by atoms with Crippen LogP contribution in [0.3, 0.4) is 0 Å². The molecule has 3 nitrogen and oxygen atoms in total. The zero-order valence-corrected chi connectivity index (χ0v) is 12.8. The Hall–Kier alpha value is -2.13. The number of carbonyl (C=O) groups is 1. The molecule has 0 unspecified atom stereocenters. The molecule has 1 amide bonds. The first-order valence-corrected chi connectivity index (χ1v) is 7.90. The van der Waals surface area contributed by atoms with Gasteiger partial charge in [0, 0.05) is 12.1 Å². The van der Waals surface area contributed by atoms with E-state index in [1.165, 1.54) is 5.56 Å². The molecule has 1 aliphatic carbocycles. The minimum atomic E-state index is -0.322. The topological polar surface area (TPSA) is 41.1 Å². The predicted octanol–water partition coefficient (Wildman–Crippen LogP) is 3.36. The molecule has 3 heteroatoms. The second-order valence-corrected chi connectivity index (χ2v) is 5.93.